The van der Waals surface area contributed by atoms with Gasteiger partial charge in [0.15, 0.2) is 6.29 Å². The van der Waals surface area contributed by atoms with Crippen molar-refractivity contribution >= 4 is 30.4 Å². The van der Waals surface area contributed by atoms with Gasteiger partial charge in [-0.15, -0.1) is 0 Å². The van der Waals surface area contributed by atoms with Gasteiger partial charge >= 0.3 is 17.8 Å². The maximum atomic E-state index is 11.3. The van der Waals surface area contributed by atoms with Crippen LogP contribution in [0.25, 0.3) is 0 Å². The predicted molar refractivity (Wildman–Crippen MR) is 75.4 cm³/mol. The summed E-state index contributed by atoms with van der Waals surface area (Å²) in [6.45, 7) is 1.53. The number of thiol groups is 1. The van der Waals surface area contributed by atoms with Gasteiger partial charge in [-0.25, -0.2) is 0 Å². The van der Waals surface area contributed by atoms with Crippen LogP contribution in [0, 0.1) is 0 Å². The fourth-order valence-electron chi connectivity index (χ4n) is 0.964. The van der Waals surface area contributed by atoms with Crippen molar-refractivity contribution in [2.45, 2.75) is 13.2 Å². The van der Waals surface area contributed by atoms with E-state index in [2.05, 4.69) is 28.0 Å². The van der Waals surface area contributed by atoms with Crippen molar-refractivity contribution in [3.63, 3.8) is 0 Å². The van der Waals surface area contributed by atoms with Gasteiger partial charge in [-0.2, -0.15) is 12.6 Å². The Morgan fingerprint density at radius 1 is 1.05 bits per heavy atom. The SMILES string of the molecule is CCOC(=O)CNC(=O)C(=O)NCC(OC)OC.CS. The maximum Gasteiger partial charge on any atom is 0.325 e. The Labute approximate surface area is 123 Å². The van der Waals surface area contributed by atoms with Gasteiger partial charge < -0.3 is 24.8 Å². The van der Waals surface area contributed by atoms with Crippen LogP contribution in [0.15, 0.2) is 0 Å². The number of rotatable bonds is 7. The molecule has 0 aromatic rings. The van der Waals surface area contributed by atoms with E-state index in [1.807, 2.05) is 0 Å². The van der Waals surface area contributed by atoms with Crippen LogP contribution in [-0.2, 0) is 28.6 Å². The highest BCUT2D eigenvalue weighted by Crippen LogP contribution is 1.87. The molecule has 0 aliphatic heterocycles. The van der Waals surface area contributed by atoms with Crippen molar-refractivity contribution in [1.29, 1.82) is 0 Å². The van der Waals surface area contributed by atoms with Gasteiger partial charge in [0.05, 0.1) is 13.2 Å². The van der Waals surface area contributed by atoms with Gasteiger partial charge in [0, 0.05) is 14.2 Å². The lowest BCUT2D eigenvalue weighted by Crippen LogP contribution is -2.44. The predicted octanol–water partition coefficient (Wildman–Crippen LogP) is -1.05. The van der Waals surface area contributed by atoms with E-state index < -0.39 is 24.1 Å². The minimum Gasteiger partial charge on any atom is -0.465 e. The molecule has 20 heavy (non-hydrogen) atoms. The molecule has 0 rings (SSSR count). The van der Waals surface area contributed by atoms with E-state index in [0.717, 1.165) is 0 Å². The number of hydrogen-bond acceptors (Lipinski definition) is 7. The fourth-order valence-corrected chi connectivity index (χ4v) is 0.964. The third kappa shape index (κ3) is 10.6. The number of methoxy groups -OCH3 is 2. The molecule has 0 radical (unpaired) electrons. The summed E-state index contributed by atoms with van der Waals surface area (Å²) in [6, 6.07) is 0. The molecule has 0 aliphatic carbocycles. The molecule has 0 aromatic heterocycles. The standard InChI is InChI=1S/C10H18N2O6.CH4S/c1-4-18-7(13)5-11-9(14)10(15)12-6-8(16-2)17-3;1-2/h8H,4-6H2,1-3H3,(H,11,14)(H,12,15);2H,1H3. The number of carbonyl (C=O) groups is 3. The zero-order valence-electron chi connectivity index (χ0n) is 12.1. The third-order valence-electron chi connectivity index (χ3n) is 1.86. The second kappa shape index (κ2) is 14.1. The van der Waals surface area contributed by atoms with Gasteiger partial charge in [0.25, 0.3) is 0 Å². The number of esters is 1. The molecule has 9 heteroatoms. The molecule has 0 unspecified atom stereocenters. The Morgan fingerprint density at radius 2 is 1.55 bits per heavy atom. The van der Waals surface area contributed by atoms with Crippen LogP contribution in [0.3, 0.4) is 0 Å². The van der Waals surface area contributed by atoms with Crippen molar-refractivity contribution in [3.05, 3.63) is 0 Å². The van der Waals surface area contributed by atoms with E-state index in [9.17, 15) is 14.4 Å². The summed E-state index contributed by atoms with van der Waals surface area (Å²) in [5.74, 6) is -2.40. The van der Waals surface area contributed by atoms with Gasteiger partial charge in [-0.3, -0.25) is 14.4 Å². The highest BCUT2D eigenvalue weighted by atomic mass is 32.1. The van der Waals surface area contributed by atoms with E-state index in [4.69, 9.17) is 9.47 Å². The molecule has 2 amide bonds. The Morgan fingerprint density at radius 3 is 2.00 bits per heavy atom. The maximum absolute atomic E-state index is 11.3. The first kappa shape index (κ1) is 21.0. The Kier molecular flexibility index (Phi) is 14.8. The third-order valence-corrected chi connectivity index (χ3v) is 1.86. The van der Waals surface area contributed by atoms with Crippen molar-refractivity contribution in [3.8, 4) is 0 Å². The zero-order chi connectivity index (χ0) is 16.0. The first-order valence-corrected chi connectivity index (χ1v) is 6.66. The Hall–Kier alpha value is -1.32. The summed E-state index contributed by atoms with van der Waals surface area (Å²) in [6.07, 6.45) is 1.06. The minimum absolute atomic E-state index is 0.0264. The van der Waals surface area contributed by atoms with Crippen LogP contribution in [0.2, 0.25) is 0 Å². The van der Waals surface area contributed by atoms with Gasteiger partial charge in [-0.05, 0) is 13.2 Å². The average molecular weight is 310 g/mol. The molecule has 2 N–H and O–H groups in total. The van der Waals surface area contributed by atoms with E-state index in [0.29, 0.717) is 0 Å². The summed E-state index contributed by atoms with van der Waals surface area (Å²) in [5.41, 5.74) is 0. The molecule has 0 aromatic carbocycles. The molecule has 0 saturated heterocycles. The van der Waals surface area contributed by atoms with Crippen molar-refractivity contribution < 1.29 is 28.6 Å². The van der Waals surface area contributed by atoms with Crippen LogP contribution < -0.4 is 10.6 Å². The molecule has 8 nitrogen and oxygen atoms in total. The largest absolute Gasteiger partial charge is 0.465 e. The highest BCUT2D eigenvalue weighted by molar-refractivity contribution is 7.79. The molecule has 0 bridgehead atoms. The summed E-state index contributed by atoms with van der Waals surface area (Å²) in [5, 5.41) is 4.41. The van der Waals surface area contributed by atoms with Crippen LogP contribution in [0.5, 0.6) is 0 Å². The van der Waals surface area contributed by atoms with Crippen molar-refractivity contribution in [1.82, 2.24) is 10.6 Å². The molecule has 118 valence electrons. The lowest BCUT2D eigenvalue weighted by Gasteiger charge is -2.13. The first-order valence-electron chi connectivity index (χ1n) is 5.77. The van der Waals surface area contributed by atoms with Crippen molar-refractivity contribution in [2.24, 2.45) is 0 Å². The second-order valence-electron chi connectivity index (χ2n) is 3.10. The zero-order valence-corrected chi connectivity index (χ0v) is 13.0. The van der Waals surface area contributed by atoms with E-state index >= 15 is 0 Å². The summed E-state index contributed by atoms with van der Waals surface area (Å²) >= 11 is 3.53. The smallest absolute Gasteiger partial charge is 0.325 e. The van der Waals surface area contributed by atoms with Crippen LogP contribution in [0.4, 0.5) is 0 Å². The number of amides is 2. The van der Waals surface area contributed by atoms with Crippen molar-refractivity contribution in [2.75, 3.05) is 40.2 Å². The average Bonchev–Trinajstić information content (AvgIpc) is 2.48. The summed E-state index contributed by atoms with van der Waals surface area (Å²) in [4.78, 5) is 33.4. The number of hydrogen-bond donors (Lipinski definition) is 3. The molecule has 0 spiro atoms. The van der Waals surface area contributed by atoms with Gasteiger partial charge in [0.1, 0.15) is 6.54 Å². The molecule has 0 aliphatic rings. The molecular weight excluding hydrogens is 288 g/mol. The van der Waals surface area contributed by atoms with Gasteiger partial charge in [0.2, 0.25) is 0 Å². The van der Waals surface area contributed by atoms with Crippen LogP contribution in [-0.4, -0.2) is 64.2 Å². The molecular formula is C11H22N2O6S. The van der Waals surface area contributed by atoms with Crippen LogP contribution in [0.1, 0.15) is 6.92 Å². The first-order chi connectivity index (χ1) is 9.54. The lowest BCUT2D eigenvalue weighted by atomic mass is 10.5. The monoisotopic (exact) mass is 310 g/mol. The van der Waals surface area contributed by atoms with Gasteiger partial charge in [-0.1, -0.05) is 0 Å². The normalized spacial score (nSPS) is 9.30. The molecule has 0 saturated carbocycles. The molecule has 0 fully saturated rings. The van der Waals surface area contributed by atoms with Crippen LogP contribution >= 0.6 is 12.6 Å². The molecule has 0 heterocycles. The number of carbonyl (C=O) groups excluding carboxylic acids is 3. The van der Waals surface area contributed by atoms with E-state index in [-0.39, 0.29) is 19.7 Å². The summed E-state index contributed by atoms with van der Waals surface area (Å²) in [7, 11) is 2.81. The fraction of sp³-hybridized carbons (Fsp3) is 0.727. The summed E-state index contributed by atoms with van der Waals surface area (Å²) < 4.78 is 14.2. The number of nitrogens with one attached hydrogen (secondary N) is 2. The topological polar surface area (TPSA) is 103 Å². The minimum atomic E-state index is -0.922. The van der Waals surface area contributed by atoms with E-state index in [1.165, 1.54) is 14.2 Å². The lowest BCUT2D eigenvalue weighted by molar-refractivity contribution is -0.146. The Balaban J connectivity index is 0. The Bertz CT molecular complexity index is 297. The molecule has 0 atom stereocenters. The quantitative estimate of drug-likeness (QED) is 0.240. The highest BCUT2D eigenvalue weighted by Gasteiger charge is 2.16. The number of ether oxygens (including phenoxy) is 3. The second-order valence-corrected chi connectivity index (χ2v) is 3.10. The van der Waals surface area contributed by atoms with E-state index in [1.54, 1.807) is 13.2 Å².